The molecule has 3 aromatic heterocycles. The Morgan fingerprint density at radius 3 is 2.63 bits per heavy atom. The normalized spacial score (nSPS) is 20.1. The van der Waals surface area contributed by atoms with Crippen LogP contribution in [0.2, 0.25) is 0 Å². The highest BCUT2D eigenvalue weighted by molar-refractivity contribution is 5.65. The van der Waals surface area contributed by atoms with E-state index >= 15 is 0 Å². The first-order chi connectivity index (χ1) is 14.7. The van der Waals surface area contributed by atoms with Gasteiger partial charge in [0.1, 0.15) is 18.5 Å². The molecule has 3 heterocycles. The lowest BCUT2D eigenvalue weighted by Crippen LogP contribution is -2.26. The number of fused-ring (bicyclic) bond motifs is 3. The zero-order chi connectivity index (χ0) is 20.2. The molecule has 2 bridgehead atoms. The minimum Gasteiger partial charge on any atom is -0.253 e. The van der Waals surface area contributed by atoms with Gasteiger partial charge in [0.2, 0.25) is 0 Å². The molecule has 0 spiro atoms. The smallest absolute Gasteiger partial charge is 0.188 e. The van der Waals surface area contributed by atoms with Crippen molar-refractivity contribution in [3.63, 3.8) is 0 Å². The second-order valence-corrected chi connectivity index (χ2v) is 8.43. The fourth-order valence-electron chi connectivity index (χ4n) is 5.26. The molecule has 3 aliphatic carbocycles. The SMILES string of the molecule is Cc1cccc(-c2nnc3c4c(c(CCn5cncn5)nn23)C2CCC4CC2)c1F. The first-order valence-corrected chi connectivity index (χ1v) is 10.6. The minimum absolute atomic E-state index is 0.267. The predicted octanol–water partition coefficient (Wildman–Crippen LogP) is 3.83. The Labute approximate surface area is 173 Å². The van der Waals surface area contributed by atoms with Crippen molar-refractivity contribution >= 4 is 5.65 Å². The lowest BCUT2D eigenvalue weighted by molar-refractivity contribution is 0.354. The third kappa shape index (κ3) is 2.59. The Morgan fingerprint density at radius 1 is 1.07 bits per heavy atom. The average Bonchev–Trinajstić information content (AvgIpc) is 3.44. The average molecular weight is 403 g/mol. The second kappa shape index (κ2) is 6.68. The summed E-state index contributed by atoms with van der Waals surface area (Å²) in [6.07, 6.45) is 8.80. The molecule has 8 heteroatoms. The Hall–Kier alpha value is -3.16. The largest absolute Gasteiger partial charge is 0.253 e. The lowest BCUT2D eigenvalue weighted by atomic mass is 9.66. The molecule has 7 nitrogen and oxygen atoms in total. The van der Waals surface area contributed by atoms with Crippen LogP contribution in [0.3, 0.4) is 0 Å². The zero-order valence-corrected chi connectivity index (χ0v) is 16.8. The molecule has 4 aromatic rings. The Bertz CT molecular complexity index is 1240. The van der Waals surface area contributed by atoms with E-state index in [0.29, 0.717) is 35.3 Å². The number of aromatic nitrogens is 7. The highest BCUT2D eigenvalue weighted by Gasteiger charge is 2.38. The van der Waals surface area contributed by atoms with Gasteiger partial charge in [-0.2, -0.15) is 14.7 Å². The van der Waals surface area contributed by atoms with Gasteiger partial charge in [0.15, 0.2) is 11.5 Å². The Balaban J connectivity index is 1.55. The monoisotopic (exact) mass is 403 g/mol. The van der Waals surface area contributed by atoms with Crippen LogP contribution in [-0.4, -0.2) is 34.6 Å². The van der Waals surface area contributed by atoms with Gasteiger partial charge < -0.3 is 0 Å². The summed E-state index contributed by atoms with van der Waals surface area (Å²) in [7, 11) is 0. The van der Waals surface area contributed by atoms with E-state index in [0.717, 1.165) is 17.8 Å². The maximum atomic E-state index is 14.9. The van der Waals surface area contributed by atoms with E-state index in [1.54, 1.807) is 36.2 Å². The standard InChI is InChI=1S/C22H22FN7/c1-13-3-2-4-16(20(13)23)21-26-27-22-19-15-7-5-14(6-8-15)18(19)17(28-30(21)22)9-10-29-12-24-11-25-29/h2-4,11-12,14-15H,5-10H2,1H3. The highest BCUT2D eigenvalue weighted by atomic mass is 19.1. The molecule has 3 aliphatic rings. The summed E-state index contributed by atoms with van der Waals surface area (Å²) in [5.41, 5.74) is 5.52. The van der Waals surface area contributed by atoms with Crippen LogP contribution in [-0.2, 0) is 13.0 Å². The zero-order valence-electron chi connectivity index (χ0n) is 16.8. The van der Waals surface area contributed by atoms with Crippen molar-refractivity contribution in [2.45, 2.75) is 57.4 Å². The molecule has 152 valence electrons. The molecular weight excluding hydrogens is 381 g/mol. The molecule has 30 heavy (non-hydrogen) atoms. The molecule has 0 amide bonds. The number of halogens is 1. The number of hydrogen-bond donors (Lipinski definition) is 0. The number of benzene rings is 1. The van der Waals surface area contributed by atoms with E-state index in [9.17, 15) is 4.39 Å². The van der Waals surface area contributed by atoms with E-state index in [2.05, 4.69) is 20.3 Å². The van der Waals surface area contributed by atoms with Gasteiger partial charge >= 0.3 is 0 Å². The maximum Gasteiger partial charge on any atom is 0.188 e. The predicted molar refractivity (Wildman–Crippen MR) is 109 cm³/mol. The van der Waals surface area contributed by atoms with Crippen LogP contribution in [0.25, 0.3) is 17.0 Å². The highest BCUT2D eigenvalue weighted by Crippen LogP contribution is 2.51. The van der Waals surface area contributed by atoms with Crippen LogP contribution in [0.15, 0.2) is 30.9 Å². The summed E-state index contributed by atoms with van der Waals surface area (Å²) in [5.74, 6) is 1.22. The second-order valence-electron chi connectivity index (χ2n) is 8.43. The number of aryl methyl sites for hydroxylation is 3. The van der Waals surface area contributed by atoms with Crippen LogP contribution < -0.4 is 0 Å². The van der Waals surface area contributed by atoms with Gasteiger partial charge in [-0.05, 0) is 61.6 Å². The van der Waals surface area contributed by atoms with Crippen molar-refractivity contribution in [1.82, 2.24) is 34.6 Å². The molecule has 0 atom stereocenters. The molecule has 0 aliphatic heterocycles. The van der Waals surface area contributed by atoms with Gasteiger partial charge in [-0.3, -0.25) is 4.68 Å². The molecule has 1 aromatic carbocycles. The first kappa shape index (κ1) is 17.7. The van der Waals surface area contributed by atoms with Gasteiger partial charge in [0, 0.05) is 18.5 Å². The summed E-state index contributed by atoms with van der Waals surface area (Å²) in [6, 6.07) is 5.36. The van der Waals surface area contributed by atoms with Gasteiger partial charge in [0.05, 0.1) is 11.3 Å². The topological polar surface area (TPSA) is 73.8 Å². The van der Waals surface area contributed by atoms with Crippen molar-refractivity contribution in [2.24, 2.45) is 0 Å². The third-order valence-electron chi connectivity index (χ3n) is 6.72. The van der Waals surface area contributed by atoms with Crippen molar-refractivity contribution in [1.29, 1.82) is 0 Å². The Morgan fingerprint density at radius 2 is 1.87 bits per heavy atom. The minimum atomic E-state index is -0.267. The number of nitrogens with zero attached hydrogens (tertiary/aromatic N) is 7. The number of rotatable bonds is 4. The third-order valence-corrected chi connectivity index (χ3v) is 6.72. The molecule has 0 unspecified atom stereocenters. The lowest BCUT2D eigenvalue weighted by Gasteiger charge is -2.39. The van der Waals surface area contributed by atoms with E-state index in [-0.39, 0.29) is 5.82 Å². The quantitative estimate of drug-likeness (QED) is 0.518. The molecule has 1 fully saturated rings. The molecule has 0 radical (unpaired) electrons. The van der Waals surface area contributed by atoms with Crippen molar-refractivity contribution in [3.8, 4) is 11.4 Å². The molecule has 7 rings (SSSR count). The maximum absolute atomic E-state index is 14.9. The fourth-order valence-corrected chi connectivity index (χ4v) is 5.26. The summed E-state index contributed by atoms with van der Waals surface area (Å²) in [5, 5.41) is 18.1. The summed E-state index contributed by atoms with van der Waals surface area (Å²) < 4.78 is 18.5. The molecule has 0 saturated heterocycles. The molecule has 0 N–H and O–H groups in total. The van der Waals surface area contributed by atoms with Gasteiger partial charge in [-0.25, -0.2) is 9.37 Å². The van der Waals surface area contributed by atoms with Crippen molar-refractivity contribution in [2.75, 3.05) is 0 Å². The number of hydrogen-bond acceptors (Lipinski definition) is 5. The van der Waals surface area contributed by atoms with E-state index in [4.69, 9.17) is 5.10 Å². The first-order valence-electron chi connectivity index (χ1n) is 10.6. The van der Waals surface area contributed by atoms with E-state index in [1.165, 1.54) is 36.8 Å². The fraction of sp³-hybridized carbons (Fsp3) is 0.409. The van der Waals surface area contributed by atoms with Gasteiger partial charge in [-0.15, -0.1) is 10.2 Å². The van der Waals surface area contributed by atoms with Crippen LogP contribution >= 0.6 is 0 Å². The van der Waals surface area contributed by atoms with Gasteiger partial charge in [-0.1, -0.05) is 12.1 Å². The Kier molecular flexibility index (Phi) is 3.94. The van der Waals surface area contributed by atoms with Crippen molar-refractivity contribution < 1.29 is 4.39 Å². The van der Waals surface area contributed by atoms with Crippen LogP contribution in [0, 0.1) is 12.7 Å². The van der Waals surface area contributed by atoms with Gasteiger partial charge in [0.25, 0.3) is 0 Å². The summed E-state index contributed by atoms with van der Waals surface area (Å²) in [4.78, 5) is 4.04. The van der Waals surface area contributed by atoms with Crippen molar-refractivity contribution in [3.05, 3.63) is 59.1 Å². The summed E-state index contributed by atoms with van der Waals surface area (Å²) in [6.45, 7) is 2.47. The summed E-state index contributed by atoms with van der Waals surface area (Å²) >= 11 is 0. The molecular formula is C22H22FN7. The van der Waals surface area contributed by atoms with E-state index < -0.39 is 0 Å². The van der Waals surface area contributed by atoms with Crippen LogP contribution in [0.1, 0.15) is 59.9 Å². The van der Waals surface area contributed by atoms with Crippen LogP contribution in [0.4, 0.5) is 4.39 Å². The molecule has 1 saturated carbocycles. The van der Waals surface area contributed by atoms with Crippen LogP contribution in [0.5, 0.6) is 0 Å². The van der Waals surface area contributed by atoms with E-state index in [1.807, 2.05) is 10.7 Å².